The smallest absolute Gasteiger partial charge is 0.386 e. The lowest BCUT2D eigenvalue weighted by Crippen LogP contribution is -2.45. The van der Waals surface area contributed by atoms with Crippen LogP contribution in [0.1, 0.15) is 37.4 Å². The van der Waals surface area contributed by atoms with Crippen molar-refractivity contribution < 1.29 is 139 Å². The minimum absolute atomic E-state index is 0.00345. The maximum absolute atomic E-state index is 16.1. The van der Waals surface area contributed by atoms with E-state index < -0.39 is 243 Å². The Balaban J connectivity index is 0.000000113. The number of hydrogen-bond acceptors (Lipinski definition) is 45. The molecule has 27 heterocycles. The number of ether oxygens (including phenoxy) is 9. The van der Waals surface area contributed by atoms with E-state index in [0.717, 1.165) is 0 Å². The first-order valence-electron chi connectivity index (χ1n) is 43.0. The molecule has 0 radical (unpaired) electrons. The van der Waals surface area contributed by atoms with Gasteiger partial charge in [-0.25, -0.2) is 90.7 Å². The minimum Gasteiger partial charge on any atom is -0.397 e. The number of alkyl halides is 3. The molecule has 0 aromatic carbocycles. The monoisotopic (exact) mass is 2230 g/mol. The molecule has 72 heteroatoms. The Morgan fingerprint density at radius 2 is 0.646 bits per heavy atom. The van der Waals surface area contributed by atoms with Gasteiger partial charge in [-0.2, -0.15) is 0 Å². The summed E-state index contributed by atoms with van der Waals surface area (Å²) >= 11 is 30.9. The first-order chi connectivity index (χ1) is 68.8. The van der Waals surface area contributed by atoms with E-state index in [1.54, 1.807) is 31.9 Å². The molecule has 0 spiro atoms. The van der Waals surface area contributed by atoms with E-state index in [1.807, 2.05) is 0 Å². The summed E-state index contributed by atoms with van der Waals surface area (Å²) in [5.74, 6) is 0.579. The van der Waals surface area contributed by atoms with Crippen molar-refractivity contribution in [3.63, 3.8) is 0 Å². The van der Waals surface area contributed by atoms with Crippen LogP contribution in [0, 0.1) is 0 Å². The van der Waals surface area contributed by atoms with Crippen molar-refractivity contribution in [2.24, 2.45) is 0 Å². The van der Waals surface area contributed by atoms with Gasteiger partial charge in [0.15, 0.2) is 89.4 Å². The molecule has 0 saturated carbocycles. The molecule has 12 saturated heterocycles. The number of rotatable bonds is 6. The molecular weight excluding hydrogens is 2160 g/mol. The lowest BCUT2D eigenvalue weighted by atomic mass is 10.0. The Morgan fingerprint density at radius 1 is 0.361 bits per heavy atom. The Labute approximate surface area is 828 Å². The van der Waals surface area contributed by atoms with E-state index in [9.17, 15) is 43.4 Å². The normalized spacial score (nSPS) is 38.7. The molecule has 6 unspecified atom stereocenters. The summed E-state index contributed by atoms with van der Waals surface area (Å²) < 4.78 is 200. The third-order valence-corrected chi connectivity index (χ3v) is 35.5. The van der Waals surface area contributed by atoms with Gasteiger partial charge in [0.2, 0.25) is 17.3 Å². The van der Waals surface area contributed by atoms with Crippen molar-refractivity contribution in [3.05, 3.63) is 143 Å². The molecule has 144 heavy (non-hydrogen) atoms. The second-order valence-electron chi connectivity index (χ2n) is 34.8. The number of aromatic nitrogens is 24. The predicted octanol–water partition coefficient (Wildman–Crippen LogP) is 2.48. The molecule has 762 valence electrons. The highest BCUT2D eigenvalue weighted by atomic mass is 32.7. The highest BCUT2D eigenvalue weighted by molar-refractivity contribution is 8.44. The van der Waals surface area contributed by atoms with Crippen LogP contribution in [0.2, 0.25) is 0 Å². The van der Waals surface area contributed by atoms with Crippen molar-refractivity contribution in [2.75, 3.05) is 76.7 Å². The number of halogens is 3. The SMILES string of the molecule is Nc1ccnc2c1ncn2[C@@H]1O[C@@]23CO[C@@H]1[C@@H]2OP(O)(=S)OC[C@H]1O[C@@H](n2cnc4c(=O)n5ccnc5[nH]c42)[C@H](OP(=O)(S)OC3)[C@@H]1F.Nc1ccnc2c1ncn2[C@@H]1O[C@@]23CO[C@@H]1[C@@H]2OP(O)(=S)OC[C@H]1O[C@@H](n2cnc4c(=O)n5ccnc5[nH]c42)[C@H](OP(O)(=S)OC3)[C@@H]1F.Nc1ccnc2c1ncn2[C@@H]1O[C@@]23CO[C@@H]1[C@@H]2OP(O)(=S)OC[C@H]1O[C@@H](n2cnc4c(=O)n5ccnc5[nH]c42)[C@H](OP(O)(=S)OC3)[C@@H]1F. The quantitative estimate of drug-likeness (QED) is 0.0840. The topological polar surface area (TPSA) is 686 Å². The van der Waals surface area contributed by atoms with E-state index >= 15 is 13.2 Å². The molecule has 30 atom stereocenters. The van der Waals surface area contributed by atoms with Crippen LogP contribution < -0.4 is 33.9 Å². The largest absolute Gasteiger partial charge is 0.397 e. The number of hydrogen-bond donors (Lipinski definition) is 12. The van der Waals surface area contributed by atoms with Crippen LogP contribution in [0.3, 0.4) is 0 Å². The van der Waals surface area contributed by atoms with Gasteiger partial charge in [-0.15, -0.1) is 0 Å². The number of nitrogens with zero attached hydrogens (tertiary/aromatic N) is 21. The van der Waals surface area contributed by atoms with E-state index in [0.29, 0.717) is 50.6 Å². The molecule has 27 rings (SSSR count). The molecule has 15 aromatic rings. The number of anilines is 3. The van der Waals surface area contributed by atoms with E-state index in [1.165, 1.54) is 121 Å². The summed E-state index contributed by atoms with van der Waals surface area (Å²) in [6.45, 7) is -29.1. The number of aromatic amines is 3. The molecule has 12 aliphatic rings. The van der Waals surface area contributed by atoms with Crippen molar-refractivity contribution in [2.45, 2.75) is 146 Å². The summed E-state index contributed by atoms with van der Waals surface area (Å²) in [6, 6.07) is 4.81. The van der Waals surface area contributed by atoms with Crippen LogP contribution in [0.5, 0.6) is 0 Å². The number of imidazole rings is 9. The molecule has 0 aliphatic carbocycles. The van der Waals surface area contributed by atoms with Crippen LogP contribution in [0.15, 0.2) is 126 Å². The molecule has 12 fully saturated rings. The average Bonchev–Trinajstić information content (AvgIpc) is 1.56. The van der Waals surface area contributed by atoms with Crippen LogP contribution >= 0.6 is 52.6 Å². The number of nitrogens with one attached hydrogen (secondary N) is 3. The number of fused-ring (bicyclic) bond motifs is 15. The third kappa shape index (κ3) is 16.1. The second-order valence-corrected chi connectivity index (χ2v) is 51.6. The van der Waals surface area contributed by atoms with Crippen molar-refractivity contribution >= 4 is 213 Å². The maximum atomic E-state index is 16.1. The molecule has 57 nitrogen and oxygen atoms in total. The molecule has 0 amide bonds. The molecule has 15 aromatic heterocycles. The Bertz CT molecular complexity index is 7550. The maximum Gasteiger partial charge on any atom is 0.386 e. The van der Waals surface area contributed by atoms with Crippen molar-refractivity contribution in [3.8, 4) is 0 Å². The minimum atomic E-state index is -4.43. The van der Waals surface area contributed by atoms with Gasteiger partial charge >= 0.3 is 40.4 Å². The summed E-state index contributed by atoms with van der Waals surface area (Å²) in [4.78, 5) is 155. The highest BCUT2D eigenvalue weighted by Crippen LogP contribution is 2.65. The van der Waals surface area contributed by atoms with E-state index in [4.69, 9.17) is 173 Å². The zero-order valence-electron chi connectivity index (χ0n) is 72.3. The van der Waals surface area contributed by atoms with Gasteiger partial charge in [-0.3, -0.25) is 73.5 Å². The molecular formula is C72H72F3N27O30P6S6. The van der Waals surface area contributed by atoms with E-state index in [2.05, 4.69) is 87.0 Å². The van der Waals surface area contributed by atoms with Gasteiger partial charge < -0.3 is 122 Å². The zero-order valence-corrected chi connectivity index (χ0v) is 82.6. The lowest BCUT2D eigenvalue weighted by molar-refractivity contribution is -0.183. The molecule has 14 N–H and O–H groups in total. The second kappa shape index (κ2) is 35.1. The highest BCUT2D eigenvalue weighted by Gasteiger charge is 2.70. The van der Waals surface area contributed by atoms with Crippen LogP contribution in [0.4, 0.5) is 30.2 Å². The van der Waals surface area contributed by atoms with Crippen LogP contribution in [-0.2, 0) is 161 Å². The van der Waals surface area contributed by atoms with Gasteiger partial charge in [0.1, 0.15) is 124 Å². The summed E-state index contributed by atoms with van der Waals surface area (Å²) in [6.07, 6.45) is -6.57. The summed E-state index contributed by atoms with van der Waals surface area (Å²) in [5.41, 5.74) is 16.3. The van der Waals surface area contributed by atoms with Gasteiger partial charge in [0.25, 0.3) is 16.7 Å². The number of nitrogens with two attached hydrogens (primary N) is 3. The Hall–Kier alpha value is -8.49. The van der Waals surface area contributed by atoms with Crippen LogP contribution in [0.25, 0.3) is 84.3 Å². The molecule has 12 bridgehead atoms. The third-order valence-electron chi connectivity index (χ3n) is 26.2. The van der Waals surface area contributed by atoms with Gasteiger partial charge in [0.05, 0.1) is 114 Å². The van der Waals surface area contributed by atoms with Gasteiger partial charge in [-0.05, 0) is 77.2 Å². The van der Waals surface area contributed by atoms with Gasteiger partial charge in [0, 0.05) is 55.8 Å². The number of pyridine rings is 3. The van der Waals surface area contributed by atoms with Crippen molar-refractivity contribution in [1.82, 2.24) is 115 Å². The summed E-state index contributed by atoms with van der Waals surface area (Å²) in [7, 11) is 0. The number of nitrogen functional groups attached to an aromatic ring is 3. The van der Waals surface area contributed by atoms with Gasteiger partial charge in [-0.1, -0.05) is 12.2 Å². The first-order valence-corrected chi connectivity index (χ1v) is 58.6. The molecule has 12 aliphatic heterocycles. The van der Waals surface area contributed by atoms with Crippen LogP contribution in [-0.4, -0.2) is 308 Å². The standard InChI is InChI=1S/3C24H24FN9O10P2S2/c3*25-12-11-5-39-45(36,47)44-17-16-22(33-8-29-13-10(26)1-2-27-18(13)33)42-24(17,6-38-16)7-40-46(37,48)43-15(12)21(41-11)34-9-30-14-19(34)31-23-28-3-4-32(23)20(14)35/h3*1-4,8-9,11-12,15-17,21-22H,5-7H2,(H2,26,27)(H,28,31)(H,36,47)(H,37,48)/t3*11-,12-,15-,16-,17+,21-,22-,24-,45?,46?/m111/s1. The van der Waals surface area contributed by atoms with E-state index in [-0.39, 0.29) is 70.6 Å². The zero-order chi connectivity index (χ0) is 99.5. The number of H-pyrrole nitrogens is 3. The predicted molar refractivity (Wildman–Crippen MR) is 501 cm³/mol. The average molecular weight is 2230 g/mol. The first kappa shape index (κ1) is 96.4. The summed E-state index contributed by atoms with van der Waals surface area (Å²) in [5, 5.41) is 0. The fraction of sp³-hybridized carbons (Fsp3) is 0.458. The lowest BCUT2D eigenvalue weighted by Gasteiger charge is -2.33. The number of thiol groups is 1. The Kier molecular flexibility index (Phi) is 23.5. The van der Waals surface area contributed by atoms with Crippen molar-refractivity contribution in [1.29, 1.82) is 0 Å². The Morgan fingerprint density at radius 3 is 0.965 bits per heavy atom. The fourth-order valence-electron chi connectivity index (χ4n) is 19.5. The fourth-order valence-corrected chi connectivity index (χ4v) is 28.2.